The minimum absolute atomic E-state index is 0.0134. The molecule has 3 rings (SSSR count). The van der Waals surface area contributed by atoms with Crippen molar-refractivity contribution < 1.29 is 22.3 Å². The summed E-state index contributed by atoms with van der Waals surface area (Å²) < 4.78 is 46.6. The van der Waals surface area contributed by atoms with E-state index < -0.39 is 21.6 Å². The zero-order chi connectivity index (χ0) is 20.3. The van der Waals surface area contributed by atoms with Gasteiger partial charge in [-0.2, -0.15) is 0 Å². The molecular formula is C19H22FN3O4S. The van der Waals surface area contributed by atoms with Gasteiger partial charge in [-0.05, 0) is 49.1 Å². The molecule has 0 aliphatic rings. The second-order valence-corrected chi connectivity index (χ2v) is 8.54. The van der Waals surface area contributed by atoms with Gasteiger partial charge in [0.25, 0.3) is 0 Å². The molecule has 0 saturated carbocycles. The molecule has 7 nitrogen and oxygen atoms in total. The van der Waals surface area contributed by atoms with Gasteiger partial charge in [0, 0.05) is 19.7 Å². The third-order valence-electron chi connectivity index (χ3n) is 4.58. The number of benzene rings is 1. The summed E-state index contributed by atoms with van der Waals surface area (Å²) in [7, 11) is -1.78. The van der Waals surface area contributed by atoms with Crippen molar-refractivity contribution in [2.75, 3.05) is 12.4 Å². The first-order chi connectivity index (χ1) is 13.3. The molecule has 28 heavy (non-hydrogen) atoms. The number of esters is 1. The summed E-state index contributed by atoms with van der Waals surface area (Å²) in [6.07, 6.45) is 3.30. The number of aromatic amines is 1. The standard InChI is InChI=1S/C19H22FN3O4S/c1-3-27-17(24)7-6-14-13(8-10-28(25,26)16-5-4-9-21-16)11-15-19(18(14)20)22-12-23(15)2/h4-5,9,11-12,21H,3,6-8,10H2,1-2H3. The van der Waals surface area contributed by atoms with Gasteiger partial charge in [-0.25, -0.2) is 17.8 Å². The predicted molar refractivity (Wildman–Crippen MR) is 102 cm³/mol. The van der Waals surface area contributed by atoms with Crippen molar-refractivity contribution >= 4 is 26.8 Å². The van der Waals surface area contributed by atoms with Crippen molar-refractivity contribution in [1.29, 1.82) is 0 Å². The van der Waals surface area contributed by atoms with E-state index >= 15 is 4.39 Å². The third kappa shape index (κ3) is 4.09. The van der Waals surface area contributed by atoms with Gasteiger partial charge in [0.15, 0.2) is 15.7 Å². The molecule has 2 heterocycles. The molecule has 0 radical (unpaired) electrons. The molecule has 0 aliphatic carbocycles. The van der Waals surface area contributed by atoms with Gasteiger partial charge >= 0.3 is 5.97 Å². The molecular weight excluding hydrogens is 385 g/mol. The van der Waals surface area contributed by atoms with Crippen LogP contribution in [0.2, 0.25) is 0 Å². The monoisotopic (exact) mass is 407 g/mol. The van der Waals surface area contributed by atoms with Crippen LogP contribution in [0, 0.1) is 5.82 Å². The Morgan fingerprint density at radius 2 is 2.14 bits per heavy atom. The molecule has 0 bridgehead atoms. The maximum Gasteiger partial charge on any atom is 0.306 e. The van der Waals surface area contributed by atoms with Crippen LogP contribution in [0.25, 0.3) is 11.0 Å². The van der Waals surface area contributed by atoms with Crippen LogP contribution < -0.4 is 0 Å². The molecule has 0 atom stereocenters. The van der Waals surface area contributed by atoms with Crippen molar-refractivity contribution in [2.24, 2.45) is 7.05 Å². The SMILES string of the molecule is CCOC(=O)CCc1c(CCS(=O)(=O)c2ccc[nH]2)cc2c(ncn2C)c1F. The van der Waals surface area contributed by atoms with E-state index in [2.05, 4.69) is 9.97 Å². The summed E-state index contributed by atoms with van der Waals surface area (Å²) in [5.41, 5.74) is 1.64. The fourth-order valence-electron chi connectivity index (χ4n) is 3.13. The van der Waals surface area contributed by atoms with E-state index in [0.717, 1.165) is 0 Å². The number of hydrogen-bond donors (Lipinski definition) is 1. The number of ether oxygens (including phenoxy) is 1. The number of sulfone groups is 1. The number of rotatable bonds is 8. The second kappa shape index (κ2) is 8.14. The van der Waals surface area contributed by atoms with Crippen LogP contribution in [-0.2, 0) is 39.3 Å². The van der Waals surface area contributed by atoms with Crippen molar-refractivity contribution in [2.45, 2.75) is 31.2 Å². The lowest BCUT2D eigenvalue weighted by Gasteiger charge is -2.12. The highest BCUT2D eigenvalue weighted by Crippen LogP contribution is 2.26. The van der Waals surface area contributed by atoms with E-state index in [9.17, 15) is 13.2 Å². The van der Waals surface area contributed by atoms with Gasteiger partial charge in [-0.1, -0.05) is 0 Å². The second-order valence-electron chi connectivity index (χ2n) is 6.46. The Balaban J connectivity index is 1.93. The lowest BCUT2D eigenvalue weighted by molar-refractivity contribution is -0.143. The molecule has 0 spiro atoms. The molecule has 0 unspecified atom stereocenters. The van der Waals surface area contributed by atoms with E-state index in [0.29, 0.717) is 16.6 Å². The molecule has 2 aromatic heterocycles. The zero-order valence-corrected chi connectivity index (χ0v) is 16.6. The van der Waals surface area contributed by atoms with Crippen molar-refractivity contribution in [1.82, 2.24) is 14.5 Å². The highest BCUT2D eigenvalue weighted by molar-refractivity contribution is 7.91. The molecule has 0 aliphatic heterocycles. The molecule has 0 amide bonds. The van der Waals surface area contributed by atoms with E-state index in [4.69, 9.17) is 4.74 Å². The Morgan fingerprint density at radius 1 is 1.36 bits per heavy atom. The first kappa shape index (κ1) is 20.1. The smallest absolute Gasteiger partial charge is 0.306 e. The van der Waals surface area contributed by atoms with Crippen LogP contribution in [0.4, 0.5) is 4.39 Å². The Kier molecular flexibility index (Phi) is 5.83. The number of H-pyrrole nitrogens is 1. The number of aryl methyl sites for hydroxylation is 2. The number of nitrogens with one attached hydrogen (secondary N) is 1. The number of nitrogens with zero attached hydrogens (tertiary/aromatic N) is 2. The Morgan fingerprint density at radius 3 is 2.82 bits per heavy atom. The molecule has 1 N–H and O–H groups in total. The maximum atomic E-state index is 15.1. The summed E-state index contributed by atoms with van der Waals surface area (Å²) in [5, 5.41) is 0.127. The highest BCUT2D eigenvalue weighted by Gasteiger charge is 2.21. The topological polar surface area (TPSA) is 94.1 Å². The van der Waals surface area contributed by atoms with E-state index in [1.165, 1.54) is 12.4 Å². The fourth-order valence-corrected chi connectivity index (χ4v) is 4.37. The Bertz CT molecular complexity index is 1090. The van der Waals surface area contributed by atoms with Gasteiger partial charge in [0.1, 0.15) is 10.5 Å². The summed E-state index contributed by atoms with van der Waals surface area (Å²) in [5.74, 6) is -1.12. The summed E-state index contributed by atoms with van der Waals surface area (Å²) in [6, 6.07) is 4.84. The first-order valence-corrected chi connectivity index (χ1v) is 10.6. The number of carbonyl (C=O) groups excluding carboxylic acids is 1. The van der Waals surface area contributed by atoms with Gasteiger partial charge < -0.3 is 14.3 Å². The highest BCUT2D eigenvalue weighted by atomic mass is 32.2. The van der Waals surface area contributed by atoms with Crippen LogP contribution in [-0.4, -0.2) is 41.3 Å². The van der Waals surface area contributed by atoms with Crippen molar-refractivity contribution in [3.8, 4) is 0 Å². The number of imidazole rings is 1. The third-order valence-corrected chi connectivity index (χ3v) is 6.25. The van der Waals surface area contributed by atoms with Crippen LogP contribution in [0.15, 0.2) is 35.7 Å². The van der Waals surface area contributed by atoms with Crippen molar-refractivity contribution in [3.63, 3.8) is 0 Å². The lowest BCUT2D eigenvalue weighted by atomic mass is 9.99. The van der Waals surface area contributed by atoms with Gasteiger partial charge in [0.05, 0.1) is 24.2 Å². The van der Waals surface area contributed by atoms with E-state index in [-0.39, 0.29) is 42.2 Å². The molecule has 150 valence electrons. The van der Waals surface area contributed by atoms with Crippen LogP contribution in [0.5, 0.6) is 0 Å². The fraction of sp³-hybridized carbons (Fsp3) is 0.368. The number of carbonyl (C=O) groups is 1. The average molecular weight is 407 g/mol. The predicted octanol–water partition coefficient (Wildman–Crippen LogP) is 2.55. The van der Waals surface area contributed by atoms with Crippen LogP contribution in [0.1, 0.15) is 24.5 Å². The average Bonchev–Trinajstić information content (AvgIpc) is 3.31. The van der Waals surface area contributed by atoms with Gasteiger partial charge in [-0.3, -0.25) is 4.79 Å². The molecule has 0 fully saturated rings. The molecule has 3 aromatic rings. The molecule has 0 saturated heterocycles. The first-order valence-electron chi connectivity index (χ1n) is 8.96. The quantitative estimate of drug-likeness (QED) is 0.579. The number of halogens is 1. The van der Waals surface area contributed by atoms with Gasteiger partial charge in [0.2, 0.25) is 0 Å². The van der Waals surface area contributed by atoms with E-state index in [1.807, 2.05) is 0 Å². The minimum Gasteiger partial charge on any atom is -0.466 e. The Hall–Kier alpha value is -2.68. The summed E-state index contributed by atoms with van der Waals surface area (Å²) in [4.78, 5) is 18.5. The summed E-state index contributed by atoms with van der Waals surface area (Å²) in [6.45, 7) is 1.96. The van der Waals surface area contributed by atoms with Gasteiger partial charge in [-0.15, -0.1) is 0 Å². The molecule has 1 aromatic carbocycles. The van der Waals surface area contributed by atoms with Crippen LogP contribution in [0.3, 0.4) is 0 Å². The van der Waals surface area contributed by atoms with Crippen LogP contribution >= 0.6 is 0 Å². The minimum atomic E-state index is -3.53. The maximum absolute atomic E-state index is 15.1. The van der Waals surface area contributed by atoms with Crippen molar-refractivity contribution in [3.05, 3.63) is 47.7 Å². The zero-order valence-electron chi connectivity index (χ0n) is 15.7. The number of aromatic nitrogens is 3. The largest absolute Gasteiger partial charge is 0.466 e. The van der Waals surface area contributed by atoms with E-state index in [1.54, 1.807) is 36.9 Å². The number of hydrogen-bond acceptors (Lipinski definition) is 5. The lowest BCUT2D eigenvalue weighted by Crippen LogP contribution is -2.13. The number of fused-ring (bicyclic) bond motifs is 1. The Labute approximate surface area is 162 Å². The summed E-state index contributed by atoms with van der Waals surface area (Å²) >= 11 is 0. The normalized spacial score (nSPS) is 11.8. The molecule has 9 heteroatoms.